The number of rotatable bonds is 8. The molecule has 0 amide bonds. The summed E-state index contributed by atoms with van der Waals surface area (Å²) in [5.41, 5.74) is 3.59. The molecule has 0 aromatic heterocycles. The molecule has 3 aliphatic carbocycles. The highest BCUT2D eigenvalue weighted by Gasteiger charge is 2.50. The molecule has 3 aliphatic rings. The molecule has 3 saturated carbocycles. The molecule has 0 aliphatic heterocycles. The van der Waals surface area contributed by atoms with Crippen molar-refractivity contribution < 1.29 is 14.9 Å². The monoisotopic (exact) mass is 430 g/mol. The van der Waals surface area contributed by atoms with Crippen LogP contribution >= 0.6 is 0 Å². The Morgan fingerprint density at radius 3 is 2.71 bits per heavy atom. The van der Waals surface area contributed by atoms with E-state index in [0.29, 0.717) is 17.3 Å². The van der Waals surface area contributed by atoms with Gasteiger partial charge in [0, 0.05) is 13.2 Å². The Hall–Kier alpha value is -0.900. The van der Waals surface area contributed by atoms with E-state index in [1.165, 1.54) is 37.7 Å². The lowest BCUT2D eigenvalue weighted by atomic mass is 9.61. The molecule has 0 radical (unpaired) electrons. The zero-order chi connectivity index (χ0) is 22.6. The Kier molecular flexibility index (Phi) is 8.27. The predicted molar refractivity (Wildman–Crippen MR) is 129 cm³/mol. The summed E-state index contributed by atoms with van der Waals surface area (Å²) in [6.45, 7) is 14.4. The van der Waals surface area contributed by atoms with Gasteiger partial charge < -0.3 is 14.9 Å². The molecule has 0 aromatic rings. The number of aliphatic hydroxyl groups is 2. The summed E-state index contributed by atoms with van der Waals surface area (Å²) in [5.74, 6) is 1.97. The van der Waals surface area contributed by atoms with Crippen LogP contribution in [0, 0.1) is 23.2 Å². The molecule has 176 valence electrons. The maximum Gasteiger partial charge on any atom is 0.0787 e. The number of allylic oxidation sites excluding steroid dienone is 3. The van der Waals surface area contributed by atoms with Crippen LogP contribution in [-0.2, 0) is 4.74 Å². The van der Waals surface area contributed by atoms with E-state index >= 15 is 0 Å². The van der Waals surface area contributed by atoms with Gasteiger partial charge in [0.05, 0.1) is 11.7 Å². The third-order valence-corrected chi connectivity index (χ3v) is 8.42. The summed E-state index contributed by atoms with van der Waals surface area (Å²) in [6, 6.07) is 0. The van der Waals surface area contributed by atoms with Gasteiger partial charge in [0.15, 0.2) is 0 Å². The Labute approximate surface area is 190 Å². The first-order chi connectivity index (χ1) is 14.6. The van der Waals surface area contributed by atoms with Gasteiger partial charge in [0.2, 0.25) is 0 Å². The van der Waals surface area contributed by atoms with Crippen LogP contribution in [0.2, 0.25) is 0 Å². The summed E-state index contributed by atoms with van der Waals surface area (Å²) in [7, 11) is 0. The first kappa shape index (κ1) is 24.7. The average molecular weight is 431 g/mol. The van der Waals surface area contributed by atoms with Crippen molar-refractivity contribution in [1.82, 2.24) is 0 Å². The fourth-order valence-corrected chi connectivity index (χ4v) is 6.64. The molecule has 0 spiro atoms. The van der Waals surface area contributed by atoms with Gasteiger partial charge >= 0.3 is 0 Å². The van der Waals surface area contributed by atoms with Crippen molar-refractivity contribution in [3.8, 4) is 0 Å². The lowest BCUT2D eigenvalue weighted by molar-refractivity contribution is 0.0209. The van der Waals surface area contributed by atoms with E-state index in [4.69, 9.17) is 4.74 Å². The molecule has 0 aromatic carbocycles. The largest absolute Gasteiger partial charge is 0.390 e. The van der Waals surface area contributed by atoms with Gasteiger partial charge in [-0.2, -0.15) is 0 Å². The summed E-state index contributed by atoms with van der Waals surface area (Å²) in [4.78, 5) is 0. The van der Waals surface area contributed by atoms with E-state index < -0.39 is 5.60 Å². The van der Waals surface area contributed by atoms with Gasteiger partial charge in [-0.15, -0.1) is 0 Å². The van der Waals surface area contributed by atoms with Crippen molar-refractivity contribution in [1.29, 1.82) is 0 Å². The van der Waals surface area contributed by atoms with Gasteiger partial charge in [0.25, 0.3) is 0 Å². The number of hydrogen-bond donors (Lipinski definition) is 2. The van der Waals surface area contributed by atoms with Crippen LogP contribution in [0.5, 0.6) is 0 Å². The summed E-state index contributed by atoms with van der Waals surface area (Å²) in [6.07, 6.45) is 15.4. The van der Waals surface area contributed by atoms with Gasteiger partial charge in [-0.25, -0.2) is 0 Å². The first-order valence-corrected chi connectivity index (χ1v) is 12.7. The standard InChI is InChI=1S/C28H46O3/c1-20(19-31-18-8-16-27(3,4)30)24-14-15-25-23(10-7-17-28(24,25)5)13-12-22-9-6-11-26(29)21(22)2/h12-13,20,24-26,29-30H,2,6-11,14-19H2,1,3-5H3/b22-12-,23-13+/t20?,24?,25?,26-,28?/m0/s1. The Balaban J connectivity index is 1.59. The van der Waals surface area contributed by atoms with Crippen LogP contribution in [0.15, 0.2) is 35.5 Å². The van der Waals surface area contributed by atoms with Gasteiger partial charge in [-0.3, -0.25) is 0 Å². The molecule has 31 heavy (non-hydrogen) atoms. The van der Waals surface area contributed by atoms with E-state index in [-0.39, 0.29) is 6.10 Å². The van der Waals surface area contributed by atoms with Crippen LogP contribution in [-0.4, -0.2) is 35.1 Å². The van der Waals surface area contributed by atoms with E-state index in [2.05, 4.69) is 32.6 Å². The SMILES string of the molecule is C=C1/C(=C\C=C2/CCCC3(C)C2CCC3C(C)COCCCC(C)(C)O)CCC[C@@H]1O. The van der Waals surface area contributed by atoms with Crippen LogP contribution < -0.4 is 0 Å². The maximum absolute atomic E-state index is 10.1. The quantitative estimate of drug-likeness (QED) is 0.440. The Bertz CT molecular complexity index is 683. The fourth-order valence-electron chi connectivity index (χ4n) is 6.64. The molecule has 3 rings (SSSR count). The summed E-state index contributed by atoms with van der Waals surface area (Å²) < 4.78 is 6.03. The number of fused-ring (bicyclic) bond motifs is 1. The third-order valence-electron chi connectivity index (χ3n) is 8.42. The molecule has 3 nitrogen and oxygen atoms in total. The van der Waals surface area contributed by atoms with Crippen LogP contribution in [0.4, 0.5) is 0 Å². The normalized spacial score (nSPS) is 35.5. The highest BCUT2D eigenvalue weighted by Crippen LogP contribution is 2.59. The van der Waals surface area contributed by atoms with E-state index in [1.54, 1.807) is 5.57 Å². The molecular formula is C28H46O3. The average Bonchev–Trinajstić information content (AvgIpc) is 3.05. The summed E-state index contributed by atoms with van der Waals surface area (Å²) >= 11 is 0. The molecule has 0 bridgehead atoms. The Morgan fingerprint density at radius 2 is 1.97 bits per heavy atom. The van der Waals surface area contributed by atoms with Crippen LogP contribution in [0.3, 0.4) is 0 Å². The van der Waals surface area contributed by atoms with E-state index in [0.717, 1.165) is 56.8 Å². The number of aliphatic hydroxyl groups excluding tert-OH is 1. The van der Waals surface area contributed by atoms with Crippen LogP contribution in [0.25, 0.3) is 0 Å². The van der Waals surface area contributed by atoms with Crippen molar-refractivity contribution in [2.45, 2.75) is 104 Å². The zero-order valence-corrected chi connectivity index (χ0v) is 20.5. The van der Waals surface area contributed by atoms with Gasteiger partial charge in [-0.1, -0.05) is 38.2 Å². The van der Waals surface area contributed by atoms with Crippen molar-refractivity contribution in [3.05, 3.63) is 35.5 Å². The molecule has 4 unspecified atom stereocenters. The van der Waals surface area contributed by atoms with Crippen molar-refractivity contribution in [2.75, 3.05) is 13.2 Å². The minimum atomic E-state index is -0.594. The molecule has 3 fully saturated rings. The Morgan fingerprint density at radius 1 is 1.19 bits per heavy atom. The third kappa shape index (κ3) is 6.12. The first-order valence-electron chi connectivity index (χ1n) is 12.7. The lowest BCUT2D eigenvalue weighted by Crippen LogP contribution is -2.37. The predicted octanol–water partition coefficient (Wildman–Crippen LogP) is 6.36. The highest BCUT2D eigenvalue weighted by molar-refractivity contribution is 5.37. The summed E-state index contributed by atoms with van der Waals surface area (Å²) in [5, 5.41) is 20.0. The molecule has 0 heterocycles. The lowest BCUT2D eigenvalue weighted by Gasteiger charge is -2.44. The topological polar surface area (TPSA) is 49.7 Å². The van der Waals surface area contributed by atoms with Crippen LogP contribution in [0.1, 0.15) is 91.9 Å². The zero-order valence-electron chi connectivity index (χ0n) is 20.5. The van der Waals surface area contributed by atoms with Crippen molar-refractivity contribution >= 4 is 0 Å². The van der Waals surface area contributed by atoms with E-state index in [1.807, 2.05) is 13.8 Å². The fraction of sp³-hybridized carbons (Fsp3) is 0.786. The highest BCUT2D eigenvalue weighted by atomic mass is 16.5. The maximum atomic E-state index is 10.1. The van der Waals surface area contributed by atoms with E-state index in [9.17, 15) is 10.2 Å². The molecule has 5 atom stereocenters. The molecular weight excluding hydrogens is 384 g/mol. The number of ether oxygens (including phenoxy) is 1. The molecule has 0 saturated heterocycles. The van der Waals surface area contributed by atoms with Gasteiger partial charge in [-0.05, 0) is 112 Å². The van der Waals surface area contributed by atoms with Crippen molar-refractivity contribution in [3.63, 3.8) is 0 Å². The smallest absolute Gasteiger partial charge is 0.0787 e. The molecule has 2 N–H and O–H groups in total. The molecule has 3 heteroatoms. The second-order valence-corrected chi connectivity index (χ2v) is 11.4. The second kappa shape index (κ2) is 10.4. The minimum Gasteiger partial charge on any atom is -0.390 e. The number of hydrogen-bond acceptors (Lipinski definition) is 3. The van der Waals surface area contributed by atoms with Crippen molar-refractivity contribution in [2.24, 2.45) is 23.2 Å². The van der Waals surface area contributed by atoms with Gasteiger partial charge in [0.1, 0.15) is 0 Å². The second-order valence-electron chi connectivity index (χ2n) is 11.4. The minimum absolute atomic E-state index is 0.352.